The molecule has 1 unspecified atom stereocenters. The van der Waals surface area contributed by atoms with E-state index in [1.807, 2.05) is 23.5 Å². The van der Waals surface area contributed by atoms with Gasteiger partial charge in [-0.05, 0) is 6.42 Å². The third-order valence-corrected chi connectivity index (χ3v) is 5.10. The second-order valence-corrected chi connectivity index (χ2v) is 5.71. The second-order valence-electron chi connectivity index (χ2n) is 2.16. The Morgan fingerprint density at radius 2 is 2.44 bits per heavy atom. The first kappa shape index (κ1) is 8.15. The zero-order chi connectivity index (χ0) is 6.69. The van der Waals surface area contributed by atoms with Gasteiger partial charge in [-0.2, -0.15) is 24.4 Å². The van der Waals surface area contributed by atoms with E-state index in [9.17, 15) is 0 Å². The van der Waals surface area contributed by atoms with Gasteiger partial charge < -0.3 is 0 Å². The van der Waals surface area contributed by atoms with Crippen LogP contribution < -0.4 is 0 Å². The van der Waals surface area contributed by atoms with Crippen LogP contribution in [0.3, 0.4) is 0 Å². The van der Waals surface area contributed by atoms with E-state index < -0.39 is 0 Å². The summed E-state index contributed by atoms with van der Waals surface area (Å²) in [6.45, 7) is 2.19. The van der Waals surface area contributed by atoms with Crippen molar-refractivity contribution in [1.29, 1.82) is 0 Å². The Bertz CT molecular complexity index is 77.6. The van der Waals surface area contributed by atoms with E-state index in [-0.39, 0.29) is 0 Å². The maximum atomic E-state index is 4.41. The molecule has 1 rings (SSSR count). The lowest BCUT2D eigenvalue weighted by Crippen LogP contribution is -2.22. The van der Waals surface area contributed by atoms with Crippen LogP contribution in [0.25, 0.3) is 0 Å². The molecular formula is C6H12S3. The number of thiol groups is 1. The zero-order valence-electron chi connectivity index (χ0n) is 5.54. The molecule has 1 aliphatic rings. The second kappa shape index (κ2) is 4.04. The summed E-state index contributed by atoms with van der Waals surface area (Å²) in [5.41, 5.74) is 0. The summed E-state index contributed by atoms with van der Waals surface area (Å²) >= 11 is 8.48. The Kier molecular flexibility index (Phi) is 3.66. The van der Waals surface area contributed by atoms with Crippen LogP contribution in [0.4, 0.5) is 0 Å². The topological polar surface area (TPSA) is 0 Å². The van der Waals surface area contributed by atoms with Crippen LogP contribution in [0.1, 0.15) is 13.3 Å². The fraction of sp³-hybridized carbons (Fsp3) is 1.00. The third kappa shape index (κ3) is 2.64. The van der Waals surface area contributed by atoms with E-state index in [4.69, 9.17) is 0 Å². The molecule has 1 saturated heterocycles. The number of hydrogen-bond acceptors (Lipinski definition) is 3. The highest BCUT2D eigenvalue weighted by molar-refractivity contribution is 8.13. The highest BCUT2D eigenvalue weighted by atomic mass is 32.2. The monoisotopic (exact) mass is 180 g/mol. The predicted molar refractivity (Wildman–Crippen MR) is 51.8 cm³/mol. The highest BCUT2D eigenvalue weighted by Gasteiger charge is 2.20. The molecule has 1 aliphatic heterocycles. The van der Waals surface area contributed by atoms with Gasteiger partial charge in [0.15, 0.2) is 0 Å². The molecule has 3 heteroatoms. The Morgan fingerprint density at radius 1 is 1.78 bits per heavy atom. The van der Waals surface area contributed by atoms with E-state index in [1.54, 1.807) is 0 Å². The van der Waals surface area contributed by atoms with E-state index in [1.165, 1.54) is 17.9 Å². The standard InChI is InChI=1S/C6H12S3/c1-2-6(7)9-5-3-8-4-5/h5-7H,2-4H2,1H3. The predicted octanol–water partition coefficient (Wildman–Crippen LogP) is 2.50. The van der Waals surface area contributed by atoms with Crippen molar-refractivity contribution in [1.82, 2.24) is 0 Å². The normalized spacial score (nSPS) is 23.3. The molecule has 0 N–H and O–H groups in total. The molecule has 0 nitrogen and oxygen atoms in total. The van der Waals surface area contributed by atoms with Crippen molar-refractivity contribution < 1.29 is 0 Å². The van der Waals surface area contributed by atoms with Crippen molar-refractivity contribution in [2.75, 3.05) is 11.5 Å². The lowest BCUT2D eigenvalue weighted by atomic mass is 10.5. The van der Waals surface area contributed by atoms with Crippen LogP contribution in [-0.2, 0) is 0 Å². The van der Waals surface area contributed by atoms with Crippen molar-refractivity contribution in [3.8, 4) is 0 Å². The van der Waals surface area contributed by atoms with Gasteiger partial charge in [0.2, 0.25) is 0 Å². The van der Waals surface area contributed by atoms with Crippen LogP contribution in [-0.4, -0.2) is 21.3 Å². The minimum Gasteiger partial charge on any atom is -0.165 e. The largest absolute Gasteiger partial charge is 0.165 e. The molecule has 0 spiro atoms. The molecule has 0 aromatic carbocycles. The van der Waals surface area contributed by atoms with Gasteiger partial charge >= 0.3 is 0 Å². The summed E-state index contributed by atoms with van der Waals surface area (Å²) in [5.74, 6) is 2.70. The van der Waals surface area contributed by atoms with Crippen molar-refractivity contribution in [3.05, 3.63) is 0 Å². The summed E-state index contributed by atoms with van der Waals surface area (Å²) in [7, 11) is 0. The average molecular weight is 180 g/mol. The van der Waals surface area contributed by atoms with Crippen molar-refractivity contribution in [2.24, 2.45) is 0 Å². The minimum atomic E-state index is 0.580. The van der Waals surface area contributed by atoms with Gasteiger partial charge in [-0.3, -0.25) is 0 Å². The summed E-state index contributed by atoms with van der Waals surface area (Å²) in [6, 6.07) is 0. The number of thioether (sulfide) groups is 2. The Morgan fingerprint density at radius 3 is 2.78 bits per heavy atom. The van der Waals surface area contributed by atoms with E-state index in [0.717, 1.165) is 5.25 Å². The smallest absolute Gasteiger partial charge is 0.0473 e. The quantitative estimate of drug-likeness (QED) is 0.523. The van der Waals surface area contributed by atoms with Crippen molar-refractivity contribution in [3.63, 3.8) is 0 Å². The first-order valence-electron chi connectivity index (χ1n) is 3.24. The number of hydrogen-bond donors (Lipinski definition) is 1. The van der Waals surface area contributed by atoms with Crippen LogP contribution in [0, 0.1) is 0 Å². The first-order valence-corrected chi connectivity index (χ1v) is 5.85. The van der Waals surface area contributed by atoms with Crippen molar-refractivity contribution in [2.45, 2.75) is 23.2 Å². The van der Waals surface area contributed by atoms with Crippen LogP contribution >= 0.6 is 36.2 Å². The average Bonchev–Trinajstić information content (AvgIpc) is 1.78. The molecule has 0 radical (unpaired) electrons. The van der Waals surface area contributed by atoms with Gasteiger partial charge in [-0.1, -0.05) is 6.92 Å². The lowest BCUT2D eigenvalue weighted by molar-refractivity contribution is 1.03. The summed E-state index contributed by atoms with van der Waals surface area (Å²) in [5, 5.41) is 0.914. The van der Waals surface area contributed by atoms with Crippen LogP contribution in [0.2, 0.25) is 0 Å². The first-order chi connectivity index (χ1) is 4.33. The van der Waals surface area contributed by atoms with Gasteiger partial charge in [0.1, 0.15) is 0 Å². The molecule has 54 valence electrons. The molecule has 1 heterocycles. The number of rotatable bonds is 3. The fourth-order valence-corrected chi connectivity index (χ4v) is 3.40. The van der Waals surface area contributed by atoms with E-state index in [2.05, 4.69) is 19.6 Å². The van der Waals surface area contributed by atoms with Gasteiger partial charge in [0, 0.05) is 21.3 Å². The molecular weight excluding hydrogens is 168 g/mol. The molecule has 1 fully saturated rings. The molecule has 9 heavy (non-hydrogen) atoms. The van der Waals surface area contributed by atoms with Gasteiger partial charge in [0.25, 0.3) is 0 Å². The van der Waals surface area contributed by atoms with E-state index >= 15 is 0 Å². The lowest BCUT2D eigenvalue weighted by Gasteiger charge is -2.26. The molecule has 0 saturated carbocycles. The van der Waals surface area contributed by atoms with Gasteiger partial charge in [-0.15, -0.1) is 11.8 Å². The zero-order valence-corrected chi connectivity index (χ0v) is 8.07. The summed E-state index contributed by atoms with van der Waals surface area (Å²) in [6.07, 6.45) is 1.19. The van der Waals surface area contributed by atoms with Crippen molar-refractivity contribution >= 4 is 36.2 Å². The molecule has 0 aromatic heterocycles. The van der Waals surface area contributed by atoms with Gasteiger partial charge in [-0.25, -0.2) is 0 Å². The summed E-state index contributed by atoms with van der Waals surface area (Å²) < 4.78 is 0.580. The Hall–Kier alpha value is 1.05. The van der Waals surface area contributed by atoms with E-state index in [0.29, 0.717) is 4.58 Å². The van der Waals surface area contributed by atoms with Crippen LogP contribution in [0.15, 0.2) is 0 Å². The SMILES string of the molecule is CCC(S)SC1CSC1. The highest BCUT2D eigenvalue weighted by Crippen LogP contribution is 2.34. The summed E-state index contributed by atoms with van der Waals surface area (Å²) in [4.78, 5) is 0. The Labute approximate surface area is 71.0 Å². The van der Waals surface area contributed by atoms with Crippen LogP contribution in [0.5, 0.6) is 0 Å². The minimum absolute atomic E-state index is 0.580. The van der Waals surface area contributed by atoms with Gasteiger partial charge in [0.05, 0.1) is 0 Å². The Balaban J connectivity index is 2.01. The molecule has 0 amide bonds. The molecule has 0 bridgehead atoms. The molecule has 0 aliphatic carbocycles. The molecule has 0 aromatic rings. The maximum absolute atomic E-state index is 4.41. The third-order valence-electron chi connectivity index (χ3n) is 1.31. The maximum Gasteiger partial charge on any atom is 0.0473 e. The molecule has 1 atom stereocenters. The fourth-order valence-electron chi connectivity index (χ4n) is 0.611.